The van der Waals surface area contributed by atoms with E-state index in [0.29, 0.717) is 76.6 Å². The number of carbonyl (C=O) groups is 1. The number of fused-ring (bicyclic) bond motifs is 8. The van der Waals surface area contributed by atoms with Crippen LogP contribution in [0.5, 0.6) is 0 Å². The van der Waals surface area contributed by atoms with E-state index in [4.69, 9.17) is 19.7 Å². The van der Waals surface area contributed by atoms with E-state index in [1.54, 1.807) is 19.1 Å². The number of anilines is 3. The molecule has 4 aliphatic heterocycles. The van der Waals surface area contributed by atoms with Gasteiger partial charge in [-0.15, -0.1) is 0 Å². The summed E-state index contributed by atoms with van der Waals surface area (Å²) in [6, 6.07) is 10.6. The summed E-state index contributed by atoms with van der Waals surface area (Å²) in [4.78, 5) is 40.1. The molecule has 8 heterocycles. The highest BCUT2D eigenvalue weighted by atomic mass is 32.2. The zero-order valence-electron chi connectivity index (χ0n) is 31.3. The number of halogens is 3. The van der Waals surface area contributed by atoms with E-state index in [-0.39, 0.29) is 41.9 Å². The van der Waals surface area contributed by atoms with Crippen molar-refractivity contribution in [2.75, 3.05) is 53.9 Å². The first-order valence-corrected chi connectivity index (χ1v) is 20.3. The van der Waals surface area contributed by atoms with Crippen LogP contribution >= 0.6 is 0 Å². The number of methoxy groups -OCH3 is 1. The summed E-state index contributed by atoms with van der Waals surface area (Å²) in [6.45, 7) is 2.75. The fourth-order valence-corrected chi connectivity index (χ4v) is 10.6. The van der Waals surface area contributed by atoms with Crippen LogP contribution in [0.25, 0.3) is 39.0 Å². The lowest BCUT2D eigenvalue weighted by Crippen LogP contribution is -2.65. The zero-order valence-corrected chi connectivity index (χ0v) is 32.1. The minimum Gasteiger partial charge on any atom is -0.378 e. The molecule has 5 unspecified atom stereocenters. The molecule has 0 radical (unpaired) electrons. The number of imidazole rings is 1. The molecule has 4 aliphatic rings. The lowest BCUT2D eigenvalue weighted by atomic mass is 9.95. The molecule has 6 aromatic rings. The minimum absolute atomic E-state index is 0.00472. The van der Waals surface area contributed by atoms with Crippen LogP contribution in [0.15, 0.2) is 54.7 Å². The van der Waals surface area contributed by atoms with Crippen LogP contribution in [0.2, 0.25) is 0 Å². The zero-order chi connectivity index (χ0) is 39.3. The summed E-state index contributed by atoms with van der Waals surface area (Å²) in [5.41, 5.74) is 2.64. The van der Waals surface area contributed by atoms with Crippen LogP contribution in [-0.2, 0) is 26.9 Å². The Morgan fingerprint density at radius 2 is 1.75 bits per heavy atom. The summed E-state index contributed by atoms with van der Waals surface area (Å²) in [7, 11) is 2.38. The average Bonchev–Trinajstić information content (AvgIpc) is 3.88. The third kappa shape index (κ3) is 5.98. The summed E-state index contributed by atoms with van der Waals surface area (Å²) in [5, 5.41) is 8.54. The van der Waals surface area contributed by atoms with Gasteiger partial charge in [0.1, 0.15) is 40.8 Å². The number of ether oxygens (including phenoxy) is 1. The standard InChI is InChI=1S/C39H38F3N11O3S/c1-20-44-31-11-22(41)9-27-30-5-4-6-34(46-30)45-23-12-33(38(54)49(2)16-26(56-3)17-50(20)35(27)31)51(15-23)36-28-14-43-53(32-8-7-21(40)10-29(32)42)37(28)48-39(47-36)52-24-13-25(52)19-57(55)18-24/h4-11,14,23-26,33H,12-13,15-19H2,1-3H3,(H,45,46). The minimum atomic E-state index is -0.956. The van der Waals surface area contributed by atoms with Crippen molar-refractivity contribution >= 4 is 56.4 Å². The van der Waals surface area contributed by atoms with E-state index in [9.17, 15) is 13.4 Å². The van der Waals surface area contributed by atoms with Gasteiger partial charge in [0.05, 0.1) is 41.0 Å². The monoisotopic (exact) mass is 797 g/mol. The number of amides is 1. The SMILES string of the molecule is COC1CN(C)C(=O)C2CC(CN2c2nc(N3C4CC3CS(=O)C4)nc3c2cnn3-c2ccc(F)cc2F)Nc2cccc(n2)-c2cc(F)cc3nc(C)n(c23)C1. The first-order valence-electron chi connectivity index (χ1n) is 18.8. The lowest BCUT2D eigenvalue weighted by Gasteiger charge is -2.52. The van der Waals surface area contributed by atoms with Gasteiger partial charge in [-0.2, -0.15) is 15.1 Å². The average molecular weight is 798 g/mol. The van der Waals surface area contributed by atoms with Gasteiger partial charge >= 0.3 is 0 Å². The van der Waals surface area contributed by atoms with Crippen molar-refractivity contribution in [1.29, 1.82) is 0 Å². The number of pyridine rings is 1. The Labute approximate surface area is 327 Å². The summed E-state index contributed by atoms with van der Waals surface area (Å²) < 4.78 is 66.3. The van der Waals surface area contributed by atoms with Gasteiger partial charge in [0, 0.05) is 85.4 Å². The number of nitrogens with one attached hydrogen (secondary N) is 1. The Hall–Kier alpha value is -5.62. The molecule has 0 spiro atoms. The lowest BCUT2D eigenvalue weighted by molar-refractivity contribution is -0.132. The number of aryl methyl sites for hydroxylation is 1. The largest absolute Gasteiger partial charge is 0.378 e. The number of hydrogen-bond donors (Lipinski definition) is 1. The van der Waals surface area contributed by atoms with Gasteiger partial charge in [-0.1, -0.05) is 6.07 Å². The van der Waals surface area contributed by atoms with Gasteiger partial charge in [-0.25, -0.2) is 27.8 Å². The van der Waals surface area contributed by atoms with Gasteiger partial charge < -0.3 is 29.3 Å². The van der Waals surface area contributed by atoms with Gasteiger partial charge in [0.15, 0.2) is 11.5 Å². The molecule has 0 aliphatic carbocycles. The van der Waals surface area contributed by atoms with Crippen LogP contribution in [-0.4, -0.2) is 118 Å². The van der Waals surface area contributed by atoms with Crippen LogP contribution in [0.1, 0.15) is 18.7 Å². The smallest absolute Gasteiger partial charge is 0.245 e. The highest BCUT2D eigenvalue weighted by Gasteiger charge is 2.47. The molecule has 5 atom stereocenters. The molecule has 4 aromatic heterocycles. The fourth-order valence-electron chi connectivity index (χ4n) is 8.98. The second-order valence-corrected chi connectivity index (χ2v) is 16.8. The van der Waals surface area contributed by atoms with Gasteiger partial charge in [0.2, 0.25) is 11.9 Å². The molecule has 2 aromatic carbocycles. The van der Waals surface area contributed by atoms with Crippen LogP contribution < -0.4 is 15.1 Å². The first-order chi connectivity index (χ1) is 27.5. The van der Waals surface area contributed by atoms with Gasteiger partial charge in [-0.3, -0.25) is 9.00 Å². The Bertz CT molecular complexity index is 2620. The normalized spacial score (nSPS) is 24.7. The number of carbonyl (C=O) groups excluding carboxylic acids is 1. The van der Waals surface area contributed by atoms with Crippen LogP contribution in [0.3, 0.4) is 0 Å². The molecule has 18 heteroatoms. The van der Waals surface area contributed by atoms with Crippen LogP contribution in [0.4, 0.5) is 30.8 Å². The Morgan fingerprint density at radius 1 is 0.930 bits per heavy atom. The number of likely N-dealkylation sites (N-methyl/N-ethyl adjacent to an activating group) is 1. The van der Waals surface area contributed by atoms with Crippen molar-refractivity contribution in [3.63, 3.8) is 0 Å². The molecule has 3 fully saturated rings. The Kier molecular flexibility index (Phi) is 8.47. The molecule has 294 valence electrons. The second-order valence-electron chi connectivity index (χ2n) is 15.3. The molecular formula is C39H38F3N11O3S. The van der Waals surface area contributed by atoms with E-state index in [1.165, 1.54) is 29.1 Å². The second kappa shape index (κ2) is 13.5. The molecule has 10 rings (SSSR count). The van der Waals surface area contributed by atoms with Crippen molar-refractivity contribution in [2.24, 2.45) is 0 Å². The van der Waals surface area contributed by atoms with E-state index in [0.717, 1.165) is 24.1 Å². The maximum atomic E-state index is 15.3. The molecule has 57 heavy (non-hydrogen) atoms. The number of benzene rings is 2. The molecule has 3 saturated heterocycles. The summed E-state index contributed by atoms with van der Waals surface area (Å²) >= 11 is 0. The predicted molar refractivity (Wildman–Crippen MR) is 208 cm³/mol. The van der Waals surface area contributed by atoms with Crippen molar-refractivity contribution in [3.05, 3.63) is 78.0 Å². The molecular weight excluding hydrogens is 760 g/mol. The fraction of sp³-hybridized carbons (Fsp3) is 0.385. The number of rotatable bonds is 4. The molecule has 1 N–H and O–H groups in total. The van der Waals surface area contributed by atoms with Crippen molar-refractivity contribution in [3.8, 4) is 16.9 Å². The van der Waals surface area contributed by atoms with Crippen LogP contribution in [0, 0.1) is 24.4 Å². The topological polar surface area (TPSA) is 139 Å². The molecule has 14 nitrogen and oxygen atoms in total. The molecule has 1 amide bonds. The third-order valence-corrected chi connectivity index (χ3v) is 13.2. The highest BCUT2D eigenvalue weighted by molar-refractivity contribution is 7.85. The van der Waals surface area contributed by atoms with Crippen molar-refractivity contribution < 1.29 is 26.9 Å². The van der Waals surface area contributed by atoms with E-state index in [2.05, 4.69) is 20.3 Å². The van der Waals surface area contributed by atoms with Crippen molar-refractivity contribution in [1.82, 2.24) is 39.2 Å². The van der Waals surface area contributed by atoms with Crippen molar-refractivity contribution in [2.45, 2.75) is 56.6 Å². The molecule has 0 saturated carbocycles. The number of nitrogens with zero attached hydrogens (tertiary/aromatic N) is 10. The van der Waals surface area contributed by atoms with Gasteiger partial charge in [-0.05, 0) is 50.1 Å². The summed E-state index contributed by atoms with van der Waals surface area (Å²) in [5.74, 6) is 0.815. The highest BCUT2D eigenvalue weighted by Crippen LogP contribution is 2.40. The third-order valence-electron chi connectivity index (χ3n) is 11.7. The Morgan fingerprint density at radius 3 is 2.54 bits per heavy atom. The molecule has 6 bridgehead atoms. The van der Waals surface area contributed by atoms with E-state index >= 15 is 8.78 Å². The first kappa shape index (κ1) is 35.8. The maximum Gasteiger partial charge on any atom is 0.245 e. The quantitative estimate of drug-likeness (QED) is 0.275. The Balaban J connectivity index is 1.11. The van der Waals surface area contributed by atoms with E-state index < -0.39 is 40.4 Å². The predicted octanol–water partition coefficient (Wildman–Crippen LogP) is 4.21. The van der Waals surface area contributed by atoms with Gasteiger partial charge in [0.25, 0.3) is 0 Å². The number of aromatic nitrogens is 7. The number of hydrogen-bond acceptors (Lipinski definition) is 11. The van der Waals surface area contributed by atoms with E-state index in [1.807, 2.05) is 34.6 Å². The maximum absolute atomic E-state index is 15.3. The summed E-state index contributed by atoms with van der Waals surface area (Å²) in [6.07, 6.45) is 2.30.